The molecule has 0 amide bonds. The molecule has 5 heteroatoms. The minimum Gasteiger partial charge on any atom is -0.393 e. The van der Waals surface area contributed by atoms with E-state index in [9.17, 15) is 5.11 Å². The van der Waals surface area contributed by atoms with Gasteiger partial charge in [-0.25, -0.2) is 9.97 Å². The molecule has 1 heterocycles. The SMILES string of the molecule is C#Cc1cnc(NC2CCC(OCC)CC2)nc1C[C@@H]1CCCC[C@H](O)C1. The van der Waals surface area contributed by atoms with Crippen molar-refractivity contribution in [3.05, 3.63) is 17.5 Å². The second kappa shape index (κ2) is 10.1. The highest BCUT2D eigenvalue weighted by Crippen LogP contribution is 2.28. The second-order valence-corrected chi connectivity index (χ2v) is 8.02. The lowest BCUT2D eigenvalue weighted by molar-refractivity contribution is 0.0346. The molecule has 0 radical (unpaired) electrons. The lowest BCUT2D eigenvalue weighted by Gasteiger charge is -2.29. The molecule has 5 nitrogen and oxygen atoms in total. The summed E-state index contributed by atoms with van der Waals surface area (Å²) in [5.74, 6) is 3.85. The summed E-state index contributed by atoms with van der Waals surface area (Å²) in [5.41, 5.74) is 1.72. The van der Waals surface area contributed by atoms with Crippen LogP contribution >= 0.6 is 0 Å². The predicted molar refractivity (Wildman–Crippen MR) is 108 cm³/mol. The number of hydrogen-bond acceptors (Lipinski definition) is 5. The van der Waals surface area contributed by atoms with Crippen LogP contribution in [0.4, 0.5) is 5.95 Å². The number of aliphatic hydroxyl groups is 1. The maximum atomic E-state index is 10.1. The van der Waals surface area contributed by atoms with Gasteiger partial charge in [-0.05, 0) is 64.2 Å². The Morgan fingerprint density at radius 1 is 1.22 bits per heavy atom. The molecule has 2 N–H and O–H groups in total. The number of anilines is 1. The number of nitrogens with zero attached hydrogens (tertiary/aromatic N) is 2. The summed E-state index contributed by atoms with van der Waals surface area (Å²) >= 11 is 0. The van der Waals surface area contributed by atoms with Gasteiger partial charge in [0, 0.05) is 18.8 Å². The Labute approximate surface area is 163 Å². The Morgan fingerprint density at radius 2 is 2.00 bits per heavy atom. The van der Waals surface area contributed by atoms with Crippen molar-refractivity contribution in [1.82, 2.24) is 9.97 Å². The van der Waals surface area contributed by atoms with Gasteiger partial charge in [0.25, 0.3) is 0 Å². The zero-order valence-corrected chi connectivity index (χ0v) is 16.5. The third-order valence-corrected chi connectivity index (χ3v) is 5.92. The largest absolute Gasteiger partial charge is 0.393 e. The number of terminal acetylenes is 1. The van der Waals surface area contributed by atoms with Gasteiger partial charge >= 0.3 is 0 Å². The van der Waals surface area contributed by atoms with Gasteiger partial charge in [0.05, 0.1) is 23.5 Å². The normalized spacial score (nSPS) is 28.9. The summed E-state index contributed by atoms with van der Waals surface area (Å²) in [4.78, 5) is 9.21. The first-order valence-electron chi connectivity index (χ1n) is 10.6. The zero-order chi connectivity index (χ0) is 19.1. The molecule has 0 spiro atoms. The molecule has 1 aromatic heterocycles. The third kappa shape index (κ3) is 5.92. The van der Waals surface area contributed by atoms with Gasteiger partial charge in [0.2, 0.25) is 5.95 Å². The van der Waals surface area contributed by atoms with Gasteiger partial charge in [-0.1, -0.05) is 18.8 Å². The predicted octanol–water partition coefficient (Wildman–Crippen LogP) is 3.70. The maximum absolute atomic E-state index is 10.1. The smallest absolute Gasteiger partial charge is 0.223 e. The van der Waals surface area contributed by atoms with Crippen molar-refractivity contribution < 1.29 is 9.84 Å². The summed E-state index contributed by atoms with van der Waals surface area (Å²) in [6.45, 7) is 2.85. The highest BCUT2D eigenvalue weighted by Gasteiger charge is 2.23. The van der Waals surface area contributed by atoms with Crippen LogP contribution in [-0.2, 0) is 11.2 Å². The van der Waals surface area contributed by atoms with E-state index in [1.165, 1.54) is 6.42 Å². The van der Waals surface area contributed by atoms with Gasteiger partial charge in [-0.15, -0.1) is 6.42 Å². The third-order valence-electron chi connectivity index (χ3n) is 5.92. The van der Waals surface area contributed by atoms with E-state index in [0.717, 1.165) is 75.7 Å². The van der Waals surface area contributed by atoms with Gasteiger partial charge in [0.1, 0.15) is 0 Å². The van der Waals surface area contributed by atoms with Gasteiger partial charge in [-0.2, -0.15) is 0 Å². The van der Waals surface area contributed by atoms with Crippen molar-refractivity contribution in [2.24, 2.45) is 5.92 Å². The Hall–Kier alpha value is -1.64. The Balaban J connectivity index is 1.62. The van der Waals surface area contributed by atoms with E-state index in [1.54, 1.807) is 6.20 Å². The number of nitrogens with one attached hydrogen (secondary N) is 1. The van der Waals surface area contributed by atoms with Crippen molar-refractivity contribution in [3.8, 4) is 12.3 Å². The van der Waals surface area contributed by atoms with Crippen LogP contribution in [0.3, 0.4) is 0 Å². The van der Waals surface area contributed by atoms with E-state index in [2.05, 4.69) is 23.1 Å². The summed E-state index contributed by atoms with van der Waals surface area (Å²) in [6, 6.07) is 0.394. The maximum Gasteiger partial charge on any atom is 0.223 e. The van der Waals surface area contributed by atoms with E-state index < -0.39 is 0 Å². The van der Waals surface area contributed by atoms with Crippen LogP contribution < -0.4 is 5.32 Å². The van der Waals surface area contributed by atoms with Crippen LogP contribution in [0.2, 0.25) is 0 Å². The fourth-order valence-corrected chi connectivity index (χ4v) is 4.45. The Morgan fingerprint density at radius 3 is 2.74 bits per heavy atom. The molecule has 3 rings (SSSR count). The average Bonchev–Trinajstić information content (AvgIpc) is 2.87. The summed E-state index contributed by atoms with van der Waals surface area (Å²) in [6.07, 6.45) is 18.0. The first-order valence-corrected chi connectivity index (χ1v) is 10.6. The first-order chi connectivity index (χ1) is 13.2. The first kappa shape index (κ1) is 20.1. The molecule has 0 aliphatic heterocycles. The molecule has 2 atom stereocenters. The Bertz CT molecular complexity index is 635. The van der Waals surface area contributed by atoms with E-state index >= 15 is 0 Å². The molecule has 2 aliphatic rings. The molecule has 0 bridgehead atoms. The average molecular weight is 372 g/mol. The van der Waals surface area contributed by atoms with E-state index in [4.69, 9.17) is 16.1 Å². The van der Waals surface area contributed by atoms with Crippen molar-refractivity contribution >= 4 is 5.95 Å². The molecule has 0 unspecified atom stereocenters. The van der Waals surface area contributed by atoms with Gasteiger partial charge < -0.3 is 15.2 Å². The number of aliphatic hydroxyl groups excluding tert-OH is 1. The van der Waals surface area contributed by atoms with Crippen molar-refractivity contribution in [2.75, 3.05) is 11.9 Å². The molecule has 0 aromatic carbocycles. The van der Waals surface area contributed by atoms with Crippen LogP contribution in [0.15, 0.2) is 6.20 Å². The molecule has 148 valence electrons. The number of aromatic nitrogens is 2. The van der Waals surface area contributed by atoms with Crippen LogP contribution in [0, 0.1) is 18.3 Å². The van der Waals surface area contributed by atoms with Gasteiger partial charge in [0.15, 0.2) is 0 Å². The van der Waals surface area contributed by atoms with E-state index in [1.807, 2.05) is 0 Å². The summed E-state index contributed by atoms with van der Waals surface area (Å²) in [5, 5.41) is 13.6. The van der Waals surface area contributed by atoms with E-state index in [0.29, 0.717) is 24.0 Å². The van der Waals surface area contributed by atoms with Crippen molar-refractivity contribution in [3.63, 3.8) is 0 Å². The molecule has 27 heavy (non-hydrogen) atoms. The minimum atomic E-state index is -0.188. The quantitative estimate of drug-likeness (QED) is 0.589. The van der Waals surface area contributed by atoms with Crippen LogP contribution in [0.5, 0.6) is 0 Å². The summed E-state index contributed by atoms with van der Waals surface area (Å²) in [7, 11) is 0. The van der Waals surface area contributed by atoms with Crippen LogP contribution in [0.1, 0.15) is 76.0 Å². The zero-order valence-electron chi connectivity index (χ0n) is 16.5. The monoisotopic (exact) mass is 371 g/mol. The van der Waals surface area contributed by atoms with Crippen LogP contribution in [-0.4, -0.2) is 39.9 Å². The molecule has 0 saturated heterocycles. The molecular weight excluding hydrogens is 338 g/mol. The van der Waals surface area contributed by atoms with Crippen molar-refractivity contribution in [2.45, 2.75) is 89.4 Å². The fraction of sp³-hybridized carbons (Fsp3) is 0.727. The van der Waals surface area contributed by atoms with Crippen molar-refractivity contribution in [1.29, 1.82) is 0 Å². The molecule has 2 saturated carbocycles. The number of rotatable bonds is 6. The number of hydrogen-bond donors (Lipinski definition) is 2. The minimum absolute atomic E-state index is 0.188. The Kier molecular flexibility index (Phi) is 7.49. The van der Waals surface area contributed by atoms with Crippen LogP contribution in [0.25, 0.3) is 0 Å². The highest BCUT2D eigenvalue weighted by molar-refractivity contribution is 5.39. The fourth-order valence-electron chi connectivity index (χ4n) is 4.45. The second-order valence-electron chi connectivity index (χ2n) is 8.02. The lowest BCUT2D eigenvalue weighted by Crippen LogP contribution is -2.30. The lowest BCUT2D eigenvalue weighted by atomic mass is 9.92. The topological polar surface area (TPSA) is 67.3 Å². The molecule has 2 aliphatic carbocycles. The molecular formula is C22H33N3O2. The highest BCUT2D eigenvalue weighted by atomic mass is 16.5. The van der Waals surface area contributed by atoms with E-state index in [-0.39, 0.29) is 6.10 Å². The summed E-state index contributed by atoms with van der Waals surface area (Å²) < 4.78 is 5.73. The number of ether oxygens (including phenoxy) is 1. The molecule has 1 aromatic rings. The standard InChI is InChI=1S/C22H33N3O2/c1-3-17-15-23-22(24-18-9-11-20(12-10-18)27-4-2)25-21(17)14-16-7-5-6-8-19(26)13-16/h1,15-16,18-20,26H,4-14H2,2H3,(H,23,24,25)/t16-,18?,19+,20?/m1/s1. The van der Waals surface area contributed by atoms with Gasteiger partial charge in [-0.3, -0.25) is 0 Å². The molecule has 2 fully saturated rings.